The van der Waals surface area contributed by atoms with Crippen molar-refractivity contribution < 1.29 is 14.1 Å². The number of hydrogen-bond acceptors (Lipinski definition) is 6. The quantitative estimate of drug-likeness (QED) is 0.493. The van der Waals surface area contributed by atoms with E-state index in [-0.39, 0.29) is 12.5 Å². The molecule has 0 bridgehead atoms. The topological polar surface area (TPSA) is 83.0 Å². The van der Waals surface area contributed by atoms with Gasteiger partial charge in [-0.15, -0.1) is 0 Å². The number of rotatable bonds is 5. The zero-order valence-electron chi connectivity index (χ0n) is 15.5. The zero-order chi connectivity index (χ0) is 19.5. The van der Waals surface area contributed by atoms with Gasteiger partial charge in [-0.05, 0) is 44.2 Å². The van der Waals surface area contributed by atoms with Crippen LogP contribution < -0.4 is 0 Å². The Labute approximate surface area is 161 Å². The van der Waals surface area contributed by atoms with Crippen LogP contribution in [0.4, 0.5) is 0 Å². The Kier molecular flexibility index (Phi) is 4.72. The first kappa shape index (κ1) is 17.7. The number of carbonyl (C=O) groups excluding carboxylic acids is 1. The van der Waals surface area contributed by atoms with Crippen LogP contribution in [0.1, 0.15) is 27.5 Å². The maximum absolute atomic E-state index is 12.3. The van der Waals surface area contributed by atoms with E-state index in [9.17, 15) is 4.79 Å². The van der Waals surface area contributed by atoms with Gasteiger partial charge in [-0.25, -0.2) is 9.48 Å². The Morgan fingerprint density at radius 2 is 1.79 bits per heavy atom. The summed E-state index contributed by atoms with van der Waals surface area (Å²) < 4.78 is 12.2. The fourth-order valence-electron chi connectivity index (χ4n) is 2.72. The third kappa shape index (κ3) is 3.68. The molecule has 0 aliphatic carbocycles. The van der Waals surface area contributed by atoms with Gasteiger partial charge in [-0.3, -0.25) is 0 Å². The summed E-state index contributed by atoms with van der Waals surface area (Å²) in [4.78, 5) is 16.5. The predicted octanol–water partition coefficient (Wildman–Crippen LogP) is 3.90. The summed E-state index contributed by atoms with van der Waals surface area (Å²) in [6, 6.07) is 16.7. The molecule has 0 unspecified atom stereocenters. The summed E-state index contributed by atoms with van der Waals surface area (Å²) in [5.41, 5.74) is 4.31. The van der Waals surface area contributed by atoms with E-state index in [4.69, 9.17) is 9.26 Å². The van der Waals surface area contributed by atoms with E-state index >= 15 is 0 Å². The van der Waals surface area contributed by atoms with E-state index in [1.165, 1.54) is 0 Å². The lowest BCUT2D eigenvalue weighted by molar-refractivity contribution is 0.0430. The molecule has 2 heterocycles. The fraction of sp³-hybridized carbons (Fsp3) is 0.143. The zero-order valence-corrected chi connectivity index (χ0v) is 15.5. The predicted molar refractivity (Wildman–Crippen MR) is 102 cm³/mol. The molecule has 2 aromatic heterocycles. The lowest BCUT2D eigenvalue weighted by Gasteiger charge is -2.06. The molecular formula is C21H18N4O3. The molecule has 7 heteroatoms. The number of ether oxygens (including phenoxy) is 1. The minimum atomic E-state index is -0.459. The van der Waals surface area contributed by atoms with Crippen LogP contribution in [0, 0.1) is 13.8 Å². The molecule has 0 N–H and O–H groups in total. The van der Waals surface area contributed by atoms with E-state index in [1.807, 2.05) is 56.3 Å². The molecule has 0 saturated heterocycles. The molecule has 0 atom stereocenters. The second-order valence-corrected chi connectivity index (χ2v) is 6.39. The van der Waals surface area contributed by atoms with Crippen molar-refractivity contribution in [3.8, 4) is 17.1 Å². The van der Waals surface area contributed by atoms with Crippen LogP contribution in [0.5, 0.6) is 0 Å². The summed E-state index contributed by atoms with van der Waals surface area (Å²) in [6.45, 7) is 3.88. The maximum Gasteiger partial charge on any atom is 0.338 e. The Hall–Kier alpha value is -3.74. The summed E-state index contributed by atoms with van der Waals surface area (Å²) in [6.07, 6.45) is 1.73. The molecule has 7 nitrogen and oxygen atoms in total. The summed E-state index contributed by atoms with van der Waals surface area (Å²) in [5, 5.41) is 8.17. The van der Waals surface area contributed by atoms with Crippen molar-refractivity contribution in [3.05, 3.63) is 83.5 Å². The van der Waals surface area contributed by atoms with Gasteiger partial charge in [0.2, 0.25) is 5.82 Å². The number of aryl methyl sites for hydroxylation is 2. The molecule has 4 rings (SSSR count). The van der Waals surface area contributed by atoms with Crippen molar-refractivity contribution in [1.82, 2.24) is 19.9 Å². The van der Waals surface area contributed by atoms with E-state index in [0.717, 1.165) is 22.5 Å². The summed E-state index contributed by atoms with van der Waals surface area (Å²) in [5.74, 6) is 0.247. The first-order valence-electron chi connectivity index (χ1n) is 8.78. The lowest BCUT2D eigenvalue weighted by atomic mass is 10.1. The number of benzene rings is 2. The Morgan fingerprint density at radius 3 is 2.46 bits per heavy atom. The third-order valence-corrected chi connectivity index (χ3v) is 4.28. The number of esters is 1. The van der Waals surface area contributed by atoms with Gasteiger partial charge < -0.3 is 9.26 Å². The standard InChI is InChI=1S/C21H18N4O3/c1-14-3-5-16(6-4-14)20-23-19(28-24-20)13-27-21(26)17-7-9-18(10-8-17)25-15(2)11-12-22-25/h3-12H,13H2,1-2H3. The highest BCUT2D eigenvalue weighted by molar-refractivity contribution is 5.89. The molecule has 0 amide bonds. The molecule has 0 aliphatic heterocycles. The highest BCUT2D eigenvalue weighted by Gasteiger charge is 2.13. The molecule has 4 aromatic rings. The largest absolute Gasteiger partial charge is 0.452 e. The molecular weight excluding hydrogens is 356 g/mol. The van der Waals surface area contributed by atoms with Crippen LogP contribution in [-0.2, 0) is 11.3 Å². The van der Waals surface area contributed by atoms with Crippen LogP contribution in [0.25, 0.3) is 17.1 Å². The highest BCUT2D eigenvalue weighted by Crippen LogP contribution is 2.17. The fourth-order valence-corrected chi connectivity index (χ4v) is 2.72. The van der Waals surface area contributed by atoms with Gasteiger partial charge in [0.25, 0.3) is 5.89 Å². The maximum atomic E-state index is 12.3. The number of hydrogen-bond donors (Lipinski definition) is 0. The molecule has 140 valence electrons. The van der Waals surface area contributed by atoms with E-state index < -0.39 is 5.97 Å². The van der Waals surface area contributed by atoms with Crippen LogP contribution in [0.15, 0.2) is 65.3 Å². The van der Waals surface area contributed by atoms with Crippen molar-refractivity contribution in [3.63, 3.8) is 0 Å². The number of carbonyl (C=O) groups is 1. The Bertz CT molecular complexity index is 1100. The average molecular weight is 374 g/mol. The Morgan fingerprint density at radius 1 is 1.04 bits per heavy atom. The third-order valence-electron chi connectivity index (χ3n) is 4.28. The minimum Gasteiger partial charge on any atom is -0.452 e. The van der Waals surface area contributed by atoms with Crippen molar-refractivity contribution in [2.24, 2.45) is 0 Å². The molecule has 0 spiro atoms. The van der Waals surface area contributed by atoms with E-state index in [0.29, 0.717) is 11.4 Å². The van der Waals surface area contributed by atoms with E-state index in [1.54, 1.807) is 23.0 Å². The average Bonchev–Trinajstić information content (AvgIpc) is 3.36. The van der Waals surface area contributed by atoms with Crippen molar-refractivity contribution in [2.75, 3.05) is 0 Å². The van der Waals surface area contributed by atoms with Crippen molar-refractivity contribution in [1.29, 1.82) is 0 Å². The SMILES string of the molecule is Cc1ccc(-c2noc(COC(=O)c3ccc(-n4nccc4C)cc3)n2)cc1. The molecule has 0 saturated carbocycles. The molecule has 0 fully saturated rings. The van der Waals surface area contributed by atoms with Crippen LogP contribution in [0.2, 0.25) is 0 Å². The van der Waals surface area contributed by atoms with Gasteiger partial charge in [0.15, 0.2) is 6.61 Å². The van der Waals surface area contributed by atoms with Gasteiger partial charge >= 0.3 is 5.97 Å². The monoisotopic (exact) mass is 374 g/mol. The second-order valence-electron chi connectivity index (χ2n) is 6.39. The molecule has 2 aromatic carbocycles. The van der Waals surface area contributed by atoms with Crippen LogP contribution in [0.3, 0.4) is 0 Å². The first-order valence-corrected chi connectivity index (χ1v) is 8.78. The van der Waals surface area contributed by atoms with Gasteiger partial charge in [0.1, 0.15) is 0 Å². The van der Waals surface area contributed by atoms with Gasteiger partial charge in [-0.2, -0.15) is 10.1 Å². The van der Waals surface area contributed by atoms with Crippen molar-refractivity contribution >= 4 is 5.97 Å². The van der Waals surface area contributed by atoms with Crippen LogP contribution in [-0.4, -0.2) is 25.9 Å². The molecule has 0 radical (unpaired) electrons. The highest BCUT2D eigenvalue weighted by atomic mass is 16.6. The summed E-state index contributed by atoms with van der Waals surface area (Å²) >= 11 is 0. The van der Waals surface area contributed by atoms with Crippen molar-refractivity contribution in [2.45, 2.75) is 20.5 Å². The first-order chi connectivity index (χ1) is 13.6. The number of aromatic nitrogens is 4. The number of nitrogens with zero attached hydrogens (tertiary/aromatic N) is 4. The van der Waals surface area contributed by atoms with Crippen LogP contribution >= 0.6 is 0 Å². The molecule has 0 aliphatic rings. The van der Waals surface area contributed by atoms with Gasteiger partial charge in [0.05, 0.1) is 11.3 Å². The smallest absolute Gasteiger partial charge is 0.338 e. The van der Waals surface area contributed by atoms with E-state index in [2.05, 4.69) is 15.2 Å². The summed E-state index contributed by atoms with van der Waals surface area (Å²) in [7, 11) is 0. The normalized spacial score (nSPS) is 10.8. The Balaban J connectivity index is 1.39. The van der Waals surface area contributed by atoms with Gasteiger partial charge in [0, 0.05) is 17.5 Å². The molecule has 28 heavy (non-hydrogen) atoms. The van der Waals surface area contributed by atoms with Gasteiger partial charge in [-0.1, -0.05) is 35.0 Å². The minimum absolute atomic E-state index is 0.0856. The lowest BCUT2D eigenvalue weighted by Crippen LogP contribution is -2.06. The second kappa shape index (κ2) is 7.48.